The number of carboxylic acid groups (broad SMARTS) is 2. The van der Waals surface area contributed by atoms with Crippen LogP contribution < -0.4 is 0 Å². The number of carboxylic acids is 1. The van der Waals surface area contributed by atoms with Crippen LogP contribution in [0.4, 0.5) is 0 Å². The Morgan fingerprint density at radius 1 is 1.73 bits per heavy atom. The zero-order valence-electron chi connectivity index (χ0n) is 5.30. The Morgan fingerprint density at radius 3 is 2.45 bits per heavy atom. The van der Waals surface area contributed by atoms with Gasteiger partial charge in [-0.1, -0.05) is 0 Å². The number of carbonyl (C=O) groups is 2. The van der Waals surface area contributed by atoms with E-state index in [1.54, 1.807) is 0 Å². The molecule has 0 radical (unpaired) electrons. The molecule has 1 aromatic heterocycles. The van der Waals surface area contributed by atoms with Gasteiger partial charge in [-0.3, -0.25) is 4.79 Å². The van der Waals surface area contributed by atoms with Crippen LogP contribution >= 0.6 is 0 Å². The summed E-state index contributed by atoms with van der Waals surface area (Å²) < 4.78 is 4.38. The van der Waals surface area contributed by atoms with E-state index in [1.165, 1.54) is 0 Å². The van der Waals surface area contributed by atoms with E-state index in [-0.39, 0.29) is 12.2 Å². The fourth-order valence-corrected chi connectivity index (χ4v) is 0.318. The Balaban J connectivity index is 0.000000292. The monoisotopic (exact) mass is 159 g/mol. The minimum absolute atomic E-state index is 0.0648. The van der Waals surface area contributed by atoms with E-state index in [9.17, 15) is 4.79 Å². The lowest BCUT2D eigenvalue weighted by Gasteiger charge is -1.75. The standard InChI is InChI=1S/C4H3NO3.CH2O2/c6-4(7)3-1-8-2-5-3;2-1-3/h1-2H,(H,6,7);1H,(H,2,3). The van der Waals surface area contributed by atoms with Crippen LogP contribution in [0.15, 0.2) is 17.1 Å². The molecule has 0 fully saturated rings. The predicted octanol–water partition coefficient (Wildman–Crippen LogP) is 0.0736. The lowest BCUT2D eigenvalue weighted by Crippen LogP contribution is -1.94. The van der Waals surface area contributed by atoms with E-state index < -0.39 is 5.97 Å². The quantitative estimate of drug-likeness (QED) is 0.562. The molecule has 0 aliphatic rings. The Labute approximate surface area is 61.1 Å². The Hall–Kier alpha value is -1.85. The van der Waals surface area contributed by atoms with Gasteiger partial charge >= 0.3 is 5.97 Å². The van der Waals surface area contributed by atoms with Gasteiger partial charge in [0, 0.05) is 0 Å². The van der Waals surface area contributed by atoms with Crippen LogP contribution in [0.3, 0.4) is 0 Å². The molecule has 6 heteroatoms. The molecular weight excluding hydrogens is 154 g/mol. The van der Waals surface area contributed by atoms with Gasteiger partial charge in [0.25, 0.3) is 6.47 Å². The van der Waals surface area contributed by atoms with Crippen molar-refractivity contribution in [3.8, 4) is 0 Å². The molecule has 0 aliphatic heterocycles. The van der Waals surface area contributed by atoms with E-state index in [2.05, 4.69) is 9.40 Å². The number of aromatic carboxylic acids is 1. The first-order valence-corrected chi connectivity index (χ1v) is 2.41. The average Bonchev–Trinajstić information content (AvgIpc) is 2.38. The zero-order chi connectivity index (χ0) is 8.69. The lowest BCUT2D eigenvalue weighted by molar-refractivity contribution is -0.122. The Bertz CT molecular complexity index is 217. The van der Waals surface area contributed by atoms with Crippen molar-refractivity contribution in [2.45, 2.75) is 0 Å². The third-order valence-electron chi connectivity index (χ3n) is 0.651. The second-order valence-electron chi connectivity index (χ2n) is 1.28. The smallest absolute Gasteiger partial charge is 0.357 e. The second-order valence-corrected chi connectivity index (χ2v) is 1.28. The molecule has 2 N–H and O–H groups in total. The second kappa shape index (κ2) is 4.98. The number of oxazole rings is 1. The molecule has 0 spiro atoms. The average molecular weight is 159 g/mol. The molecule has 0 aliphatic carbocycles. The van der Waals surface area contributed by atoms with Crippen molar-refractivity contribution in [3.05, 3.63) is 18.4 Å². The third-order valence-corrected chi connectivity index (χ3v) is 0.651. The summed E-state index contributed by atoms with van der Waals surface area (Å²) in [4.78, 5) is 21.7. The van der Waals surface area contributed by atoms with E-state index in [0.29, 0.717) is 0 Å². The van der Waals surface area contributed by atoms with Crippen molar-refractivity contribution in [2.24, 2.45) is 0 Å². The SMILES string of the molecule is O=C(O)c1cocn1.O=CO. The van der Waals surface area contributed by atoms with Crippen molar-refractivity contribution < 1.29 is 24.2 Å². The molecule has 1 rings (SSSR count). The van der Waals surface area contributed by atoms with E-state index in [4.69, 9.17) is 15.0 Å². The van der Waals surface area contributed by atoms with Crippen LogP contribution in [0.1, 0.15) is 10.5 Å². The first-order chi connectivity index (χ1) is 5.22. The predicted molar refractivity (Wildman–Crippen MR) is 32.2 cm³/mol. The van der Waals surface area contributed by atoms with E-state index in [0.717, 1.165) is 12.7 Å². The van der Waals surface area contributed by atoms with Gasteiger partial charge in [-0.2, -0.15) is 0 Å². The van der Waals surface area contributed by atoms with Crippen LogP contribution in [-0.2, 0) is 4.79 Å². The lowest BCUT2D eigenvalue weighted by atomic mass is 10.5. The van der Waals surface area contributed by atoms with Crippen LogP contribution in [0, 0.1) is 0 Å². The van der Waals surface area contributed by atoms with Gasteiger partial charge in [-0.25, -0.2) is 9.78 Å². The van der Waals surface area contributed by atoms with Crippen molar-refractivity contribution in [1.82, 2.24) is 4.98 Å². The van der Waals surface area contributed by atoms with Gasteiger partial charge in [0.15, 0.2) is 12.1 Å². The summed E-state index contributed by atoms with van der Waals surface area (Å²) in [5.74, 6) is -1.07. The molecule has 0 bridgehead atoms. The molecule has 0 saturated carbocycles. The van der Waals surface area contributed by atoms with Crippen molar-refractivity contribution in [1.29, 1.82) is 0 Å². The molecule has 0 amide bonds. The summed E-state index contributed by atoms with van der Waals surface area (Å²) in [7, 11) is 0. The fourth-order valence-electron chi connectivity index (χ4n) is 0.318. The molecule has 0 unspecified atom stereocenters. The Morgan fingerprint density at radius 2 is 2.27 bits per heavy atom. The van der Waals surface area contributed by atoms with Crippen LogP contribution in [0.5, 0.6) is 0 Å². The molecule has 1 heterocycles. The van der Waals surface area contributed by atoms with Crippen LogP contribution in [0.25, 0.3) is 0 Å². The van der Waals surface area contributed by atoms with Crippen molar-refractivity contribution in [2.75, 3.05) is 0 Å². The van der Waals surface area contributed by atoms with Gasteiger partial charge < -0.3 is 14.6 Å². The third kappa shape index (κ3) is 3.68. The maximum absolute atomic E-state index is 9.94. The fraction of sp³-hybridized carbons (Fsp3) is 0. The molecule has 6 nitrogen and oxygen atoms in total. The van der Waals surface area contributed by atoms with Gasteiger partial charge in [-0.05, 0) is 0 Å². The molecule has 60 valence electrons. The number of aromatic nitrogens is 1. The molecule has 0 atom stereocenters. The highest BCUT2D eigenvalue weighted by molar-refractivity contribution is 5.84. The van der Waals surface area contributed by atoms with Gasteiger partial charge in [0.1, 0.15) is 6.26 Å². The molecule has 1 aromatic rings. The van der Waals surface area contributed by atoms with Crippen LogP contribution in [0.2, 0.25) is 0 Å². The largest absolute Gasteiger partial charge is 0.483 e. The zero-order valence-corrected chi connectivity index (χ0v) is 5.30. The summed E-state index contributed by atoms with van der Waals surface area (Å²) in [6.07, 6.45) is 2.14. The number of rotatable bonds is 1. The van der Waals surface area contributed by atoms with Crippen molar-refractivity contribution in [3.63, 3.8) is 0 Å². The summed E-state index contributed by atoms with van der Waals surface area (Å²) in [6, 6.07) is 0. The van der Waals surface area contributed by atoms with Gasteiger partial charge in [0.05, 0.1) is 0 Å². The minimum Gasteiger partial charge on any atom is -0.483 e. The van der Waals surface area contributed by atoms with E-state index in [1.807, 2.05) is 0 Å². The topological polar surface area (TPSA) is 101 Å². The first-order valence-electron chi connectivity index (χ1n) is 2.41. The number of nitrogens with zero attached hydrogens (tertiary/aromatic N) is 1. The summed E-state index contributed by atoms with van der Waals surface area (Å²) in [5, 5.41) is 15.0. The van der Waals surface area contributed by atoms with E-state index >= 15 is 0 Å². The highest BCUT2D eigenvalue weighted by atomic mass is 16.4. The first kappa shape index (κ1) is 9.15. The number of hydrogen-bond acceptors (Lipinski definition) is 4. The summed E-state index contributed by atoms with van der Waals surface area (Å²) in [5.41, 5.74) is -0.0648. The summed E-state index contributed by atoms with van der Waals surface area (Å²) >= 11 is 0. The Kier molecular flexibility index (Phi) is 4.14. The summed E-state index contributed by atoms with van der Waals surface area (Å²) in [6.45, 7) is -0.250. The van der Waals surface area contributed by atoms with Crippen LogP contribution in [-0.4, -0.2) is 27.6 Å². The highest BCUT2D eigenvalue weighted by Gasteiger charge is 2.02. The highest BCUT2D eigenvalue weighted by Crippen LogP contribution is 1.91. The van der Waals surface area contributed by atoms with Gasteiger partial charge in [0.2, 0.25) is 0 Å². The minimum atomic E-state index is -1.07. The normalized spacial score (nSPS) is 7.64. The van der Waals surface area contributed by atoms with Crippen molar-refractivity contribution >= 4 is 12.4 Å². The molecule has 11 heavy (non-hydrogen) atoms. The molecule has 0 saturated heterocycles. The van der Waals surface area contributed by atoms with Gasteiger partial charge in [-0.15, -0.1) is 0 Å². The molecular formula is C5H5NO5. The maximum atomic E-state index is 9.94. The maximum Gasteiger partial charge on any atom is 0.357 e. The number of hydrogen-bond donors (Lipinski definition) is 2. The molecule has 0 aromatic carbocycles.